The highest BCUT2D eigenvalue weighted by atomic mass is 32.1. The van der Waals surface area contributed by atoms with Gasteiger partial charge in [-0.05, 0) is 45.6 Å². The van der Waals surface area contributed by atoms with Crippen LogP contribution in [0.4, 0.5) is 13.2 Å². The molecule has 10 heteroatoms. The van der Waals surface area contributed by atoms with Crippen LogP contribution in [0, 0.1) is 12.8 Å². The van der Waals surface area contributed by atoms with Crippen LogP contribution < -0.4 is 16.7 Å². The molecule has 0 radical (unpaired) electrons. The molecule has 0 spiro atoms. The molecule has 1 N–H and O–H groups in total. The van der Waals surface area contributed by atoms with Crippen molar-refractivity contribution in [1.82, 2.24) is 14.6 Å². The van der Waals surface area contributed by atoms with Crippen molar-refractivity contribution >= 4 is 27.8 Å². The van der Waals surface area contributed by atoms with Crippen molar-refractivity contribution in [3.63, 3.8) is 0 Å². The maximum absolute atomic E-state index is 13.1. The van der Waals surface area contributed by atoms with Crippen molar-refractivity contribution < 1.29 is 13.2 Å². The molecule has 0 aliphatic heterocycles. The summed E-state index contributed by atoms with van der Waals surface area (Å²) in [6, 6.07) is -0.254. The van der Waals surface area contributed by atoms with Crippen molar-refractivity contribution in [2.24, 2.45) is 11.0 Å². The minimum absolute atomic E-state index is 0.157. The Bertz CT molecular complexity index is 1070. The van der Waals surface area contributed by atoms with Crippen LogP contribution in [-0.4, -0.2) is 27.1 Å². The number of aromatic nitrogens is 2. The van der Waals surface area contributed by atoms with Gasteiger partial charge in [0, 0.05) is 18.1 Å². The van der Waals surface area contributed by atoms with Crippen LogP contribution >= 0.6 is 11.3 Å². The van der Waals surface area contributed by atoms with Crippen LogP contribution in [0.5, 0.6) is 0 Å². The van der Waals surface area contributed by atoms with Crippen LogP contribution in [0.25, 0.3) is 10.2 Å². The number of hydrogen-bond acceptors (Lipinski definition) is 5. The number of hydrazone groups is 1. The van der Waals surface area contributed by atoms with Gasteiger partial charge in [-0.2, -0.15) is 18.3 Å². The van der Waals surface area contributed by atoms with Crippen LogP contribution in [0.3, 0.4) is 0 Å². The van der Waals surface area contributed by atoms with E-state index in [2.05, 4.69) is 10.5 Å². The summed E-state index contributed by atoms with van der Waals surface area (Å²) in [5.41, 5.74) is 2.21. The van der Waals surface area contributed by atoms with Crippen molar-refractivity contribution in [2.75, 3.05) is 0 Å². The third kappa shape index (κ3) is 4.57. The van der Waals surface area contributed by atoms with Gasteiger partial charge in [-0.25, -0.2) is 4.79 Å². The molecule has 6 nitrogen and oxygen atoms in total. The summed E-state index contributed by atoms with van der Waals surface area (Å²) < 4.78 is 40.8. The summed E-state index contributed by atoms with van der Waals surface area (Å²) in [4.78, 5) is 26.9. The minimum atomic E-state index is -4.40. The highest BCUT2D eigenvalue weighted by Gasteiger charge is 2.38. The third-order valence-electron chi connectivity index (χ3n) is 4.88. The Morgan fingerprint density at radius 3 is 2.41 bits per heavy atom. The molecule has 1 saturated carbocycles. The Kier molecular flexibility index (Phi) is 5.44. The van der Waals surface area contributed by atoms with Gasteiger partial charge in [0.2, 0.25) is 0 Å². The van der Waals surface area contributed by atoms with Crippen LogP contribution in [0.15, 0.2) is 14.7 Å². The molecular formula is C19H25F3N4O2S. The van der Waals surface area contributed by atoms with Crippen molar-refractivity contribution in [2.45, 2.75) is 71.8 Å². The quantitative estimate of drug-likeness (QED) is 0.580. The molecule has 1 aliphatic carbocycles. The number of nitrogens with zero attached hydrogens (tertiary/aromatic N) is 3. The van der Waals surface area contributed by atoms with E-state index in [1.165, 1.54) is 0 Å². The predicted octanol–water partition coefficient (Wildman–Crippen LogP) is 3.79. The molecule has 1 fully saturated rings. The second-order valence-electron chi connectivity index (χ2n) is 8.65. The molecule has 2 heterocycles. The lowest BCUT2D eigenvalue weighted by atomic mass is 10.1. The van der Waals surface area contributed by atoms with Gasteiger partial charge in [-0.3, -0.25) is 13.9 Å². The van der Waals surface area contributed by atoms with Crippen LogP contribution in [-0.2, 0) is 6.54 Å². The van der Waals surface area contributed by atoms with Gasteiger partial charge in [-0.15, -0.1) is 11.3 Å². The number of hydrogen-bond donors (Lipinski definition) is 1. The van der Waals surface area contributed by atoms with Gasteiger partial charge >= 0.3 is 11.9 Å². The van der Waals surface area contributed by atoms with E-state index in [0.717, 1.165) is 20.5 Å². The minimum Gasteiger partial charge on any atom is -0.305 e. The SMILES string of the molecule is Cc1c(C=NNC(C)(C)C)sc2c1c(=O)n([C@H]1C[C@@H]1C)c(=O)n2CCC(F)(F)F. The Hall–Kier alpha value is -2.10. The van der Waals surface area contributed by atoms with Gasteiger partial charge in [0.1, 0.15) is 4.83 Å². The molecule has 1 aliphatic rings. The molecule has 2 aromatic heterocycles. The molecule has 2 aromatic rings. The van der Waals surface area contributed by atoms with E-state index in [-0.39, 0.29) is 22.3 Å². The van der Waals surface area contributed by atoms with Crippen LogP contribution in [0.1, 0.15) is 57.0 Å². The van der Waals surface area contributed by atoms with E-state index in [4.69, 9.17) is 0 Å². The third-order valence-corrected chi connectivity index (χ3v) is 6.13. The fraction of sp³-hybridized carbons (Fsp3) is 0.632. The lowest BCUT2D eigenvalue weighted by molar-refractivity contribution is -0.136. The number of halogens is 3. The summed E-state index contributed by atoms with van der Waals surface area (Å²) >= 11 is 1.11. The maximum Gasteiger partial charge on any atom is 0.390 e. The average Bonchev–Trinajstić information content (AvgIpc) is 3.17. The summed E-state index contributed by atoms with van der Waals surface area (Å²) in [5.74, 6) is 0.157. The highest BCUT2D eigenvalue weighted by molar-refractivity contribution is 7.20. The lowest BCUT2D eigenvalue weighted by Crippen LogP contribution is -2.40. The number of alkyl halides is 3. The first-order chi connectivity index (χ1) is 13.3. The second kappa shape index (κ2) is 7.30. The topological polar surface area (TPSA) is 68.4 Å². The maximum atomic E-state index is 13.1. The molecule has 0 bridgehead atoms. The molecule has 0 saturated heterocycles. The van der Waals surface area contributed by atoms with Gasteiger partial charge in [0.25, 0.3) is 5.56 Å². The Morgan fingerprint density at radius 1 is 1.28 bits per heavy atom. The molecule has 3 rings (SSSR count). The second-order valence-corrected chi connectivity index (χ2v) is 9.68. The van der Waals surface area contributed by atoms with Crippen molar-refractivity contribution in [3.8, 4) is 0 Å². The average molecular weight is 430 g/mol. The number of thiophene rings is 1. The van der Waals surface area contributed by atoms with E-state index in [9.17, 15) is 22.8 Å². The summed E-state index contributed by atoms with van der Waals surface area (Å²) in [6.45, 7) is 8.94. The molecule has 0 amide bonds. The van der Waals surface area contributed by atoms with Gasteiger partial charge in [0.05, 0.1) is 22.9 Å². The van der Waals surface area contributed by atoms with Gasteiger partial charge < -0.3 is 5.43 Å². The molecular weight excluding hydrogens is 405 g/mol. The van der Waals surface area contributed by atoms with Crippen LogP contribution in [0.2, 0.25) is 0 Å². The molecule has 29 heavy (non-hydrogen) atoms. The van der Waals surface area contributed by atoms with E-state index in [1.807, 2.05) is 27.7 Å². The predicted molar refractivity (Wildman–Crippen MR) is 109 cm³/mol. The zero-order chi connectivity index (χ0) is 21.7. The van der Waals surface area contributed by atoms with Crippen molar-refractivity contribution in [1.29, 1.82) is 0 Å². The Morgan fingerprint density at radius 2 is 1.90 bits per heavy atom. The molecule has 0 unspecified atom stereocenters. The number of fused-ring (bicyclic) bond motifs is 1. The summed E-state index contributed by atoms with van der Waals surface area (Å²) in [6.07, 6.45) is -3.31. The molecule has 160 valence electrons. The molecule has 2 atom stereocenters. The normalized spacial score (nSPS) is 20.0. The van der Waals surface area contributed by atoms with Crippen molar-refractivity contribution in [3.05, 3.63) is 31.3 Å². The lowest BCUT2D eigenvalue weighted by Gasteiger charge is -2.16. The number of rotatable bonds is 5. The first-order valence-corrected chi connectivity index (χ1v) is 10.3. The summed E-state index contributed by atoms with van der Waals surface area (Å²) in [7, 11) is 0. The first-order valence-electron chi connectivity index (χ1n) is 9.45. The number of nitrogens with one attached hydrogen (secondary N) is 1. The monoisotopic (exact) mass is 430 g/mol. The largest absolute Gasteiger partial charge is 0.390 e. The standard InChI is InChI=1S/C19H25F3N4O2S/c1-10-8-12(10)26-15(27)14-11(2)13(9-23-24-18(3,4)5)29-16(14)25(17(26)28)7-6-19(20,21)22/h9-10,12,24H,6-8H2,1-5H3/t10-,12-/m0/s1. The van der Waals surface area contributed by atoms with E-state index >= 15 is 0 Å². The smallest absolute Gasteiger partial charge is 0.305 e. The van der Waals surface area contributed by atoms with E-state index < -0.39 is 30.4 Å². The zero-order valence-corrected chi connectivity index (χ0v) is 17.9. The zero-order valence-electron chi connectivity index (χ0n) is 17.1. The highest BCUT2D eigenvalue weighted by Crippen LogP contribution is 2.41. The van der Waals surface area contributed by atoms with E-state index in [0.29, 0.717) is 22.2 Å². The van der Waals surface area contributed by atoms with Gasteiger partial charge in [-0.1, -0.05) is 6.92 Å². The van der Waals surface area contributed by atoms with Gasteiger partial charge in [0.15, 0.2) is 0 Å². The molecule has 0 aromatic carbocycles. The van der Waals surface area contributed by atoms with E-state index in [1.54, 1.807) is 13.1 Å². The fourth-order valence-electron chi connectivity index (χ4n) is 3.18. The first kappa shape index (κ1) is 21.6. The summed E-state index contributed by atoms with van der Waals surface area (Å²) in [5, 5.41) is 4.48. The Balaban J connectivity index is 2.17. The Labute approximate surface area is 170 Å². The number of aryl methyl sites for hydroxylation is 2. The fourth-order valence-corrected chi connectivity index (χ4v) is 4.37.